The van der Waals surface area contributed by atoms with Crippen molar-refractivity contribution < 1.29 is 0 Å². The van der Waals surface area contributed by atoms with Gasteiger partial charge in [0.1, 0.15) is 0 Å². The standard InChI is InChI=1S/C6H9N3/c7-1-4-5-2-9(8)3-6(4)5/h4-6H,2-3,8H2/t4-,5+,6-. The largest absolute Gasteiger partial charge is 0.269 e. The van der Waals surface area contributed by atoms with Crippen molar-refractivity contribution >= 4 is 0 Å². The van der Waals surface area contributed by atoms with E-state index in [4.69, 9.17) is 11.1 Å². The molecule has 0 amide bonds. The summed E-state index contributed by atoms with van der Waals surface area (Å²) in [6, 6.07) is 2.28. The van der Waals surface area contributed by atoms with Gasteiger partial charge >= 0.3 is 0 Å². The molecule has 1 saturated carbocycles. The van der Waals surface area contributed by atoms with Crippen molar-refractivity contribution in [3.63, 3.8) is 0 Å². The van der Waals surface area contributed by atoms with Gasteiger partial charge in [-0.15, -0.1) is 0 Å². The maximum Gasteiger partial charge on any atom is 0.0662 e. The van der Waals surface area contributed by atoms with Crippen molar-refractivity contribution in [2.45, 2.75) is 0 Å². The van der Waals surface area contributed by atoms with Crippen molar-refractivity contribution in [3.05, 3.63) is 0 Å². The minimum absolute atomic E-state index is 0.338. The summed E-state index contributed by atoms with van der Waals surface area (Å²) in [7, 11) is 0. The molecule has 3 heteroatoms. The van der Waals surface area contributed by atoms with E-state index in [1.807, 2.05) is 5.01 Å². The monoisotopic (exact) mass is 123 g/mol. The second-order valence-electron chi connectivity index (χ2n) is 2.94. The topological polar surface area (TPSA) is 53.0 Å². The smallest absolute Gasteiger partial charge is 0.0662 e. The normalized spacial score (nSPS) is 48.2. The number of nitrogens with zero attached hydrogens (tertiary/aromatic N) is 2. The van der Waals surface area contributed by atoms with Gasteiger partial charge in [0.15, 0.2) is 0 Å². The SMILES string of the molecule is N#C[C@H]1[C@H]2CN(N)C[C@@H]12. The van der Waals surface area contributed by atoms with Gasteiger partial charge in [-0.2, -0.15) is 5.26 Å². The summed E-state index contributed by atoms with van der Waals surface area (Å²) in [4.78, 5) is 0. The molecule has 0 aromatic rings. The lowest BCUT2D eigenvalue weighted by atomic mass is 10.3. The second-order valence-corrected chi connectivity index (χ2v) is 2.94. The fraction of sp³-hybridized carbons (Fsp3) is 0.833. The Morgan fingerprint density at radius 1 is 1.44 bits per heavy atom. The van der Waals surface area contributed by atoms with Crippen LogP contribution in [-0.4, -0.2) is 18.1 Å². The van der Waals surface area contributed by atoms with Gasteiger partial charge in [-0.25, -0.2) is 5.01 Å². The number of nitrogens with two attached hydrogens (primary N) is 1. The fourth-order valence-electron chi connectivity index (χ4n) is 1.75. The van der Waals surface area contributed by atoms with Gasteiger partial charge in [0, 0.05) is 13.1 Å². The first kappa shape index (κ1) is 5.21. The number of rotatable bonds is 0. The van der Waals surface area contributed by atoms with Crippen LogP contribution in [0.25, 0.3) is 0 Å². The maximum absolute atomic E-state index is 8.49. The molecule has 2 aliphatic rings. The summed E-state index contributed by atoms with van der Waals surface area (Å²) in [5.74, 6) is 7.06. The Hall–Kier alpha value is -0.590. The Balaban J connectivity index is 2.00. The molecule has 1 aliphatic carbocycles. The predicted molar refractivity (Wildman–Crippen MR) is 31.8 cm³/mol. The van der Waals surface area contributed by atoms with Crippen LogP contribution in [0, 0.1) is 29.1 Å². The molecule has 0 bridgehead atoms. The summed E-state index contributed by atoms with van der Waals surface area (Å²) >= 11 is 0. The molecule has 9 heavy (non-hydrogen) atoms. The highest BCUT2D eigenvalue weighted by Crippen LogP contribution is 2.50. The lowest BCUT2D eigenvalue weighted by Gasteiger charge is -2.08. The molecule has 1 saturated heterocycles. The molecule has 48 valence electrons. The molecule has 2 N–H and O–H groups in total. The highest BCUT2D eigenvalue weighted by atomic mass is 15.4. The van der Waals surface area contributed by atoms with E-state index < -0.39 is 0 Å². The molecular weight excluding hydrogens is 114 g/mol. The highest BCUT2D eigenvalue weighted by molar-refractivity contribution is 5.13. The number of hydrogen-bond donors (Lipinski definition) is 1. The number of fused-ring (bicyclic) bond motifs is 1. The van der Waals surface area contributed by atoms with Crippen molar-refractivity contribution in [2.24, 2.45) is 23.6 Å². The molecule has 0 radical (unpaired) electrons. The van der Waals surface area contributed by atoms with E-state index in [0.717, 1.165) is 13.1 Å². The summed E-state index contributed by atoms with van der Waals surface area (Å²) in [6.07, 6.45) is 0. The lowest BCUT2D eigenvalue weighted by molar-refractivity contribution is 0.306. The number of hydrogen-bond acceptors (Lipinski definition) is 3. The summed E-state index contributed by atoms with van der Waals surface area (Å²) in [6.45, 7) is 1.87. The van der Waals surface area contributed by atoms with Crippen LogP contribution in [-0.2, 0) is 0 Å². The van der Waals surface area contributed by atoms with Gasteiger partial charge < -0.3 is 0 Å². The molecule has 0 unspecified atom stereocenters. The van der Waals surface area contributed by atoms with Crippen LogP contribution in [0.15, 0.2) is 0 Å². The van der Waals surface area contributed by atoms with Gasteiger partial charge in [0.05, 0.1) is 12.0 Å². The van der Waals surface area contributed by atoms with Crippen LogP contribution in [0.3, 0.4) is 0 Å². The third kappa shape index (κ3) is 0.576. The Morgan fingerprint density at radius 2 is 2.00 bits per heavy atom. The highest BCUT2D eigenvalue weighted by Gasteiger charge is 2.55. The van der Waals surface area contributed by atoms with Gasteiger partial charge in [-0.1, -0.05) is 0 Å². The molecule has 3 atom stereocenters. The van der Waals surface area contributed by atoms with E-state index in [9.17, 15) is 0 Å². The zero-order chi connectivity index (χ0) is 6.43. The van der Waals surface area contributed by atoms with Gasteiger partial charge in [0.25, 0.3) is 0 Å². The van der Waals surface area contributed by atoms with Gasteiger partial charge in [0.2, 0.25) is 0 Å². The van der Waals surface area contributed by atoms with Gasteiger partial charge in [-0.3, -0.25) is 5.84 Å². The molecule has 2 fully saturated rings. The zero-order valence-corrected chi connectivity index (χ0v) is 5.12. The molecule has 1 heterocycles. The second kappa shape index (κ2) is 1.47. The molecule has 0 aromatic carbocycles. The van der Waals surface area contributed by atoms with E-state index in [-0.39, 0.29) is 0 Å². The average molecular weight is 123 g/mol. The predicted octanol–water partition coefficient (Wildman–Crippen LogP) is -0.439. The van der Waals surface area contributed by atoms with Crippen LogP contribution < -0.4 is 5.84 Å². The Labute approximate surface area is 54.0 Å². The van der Waals surface area contributed by atoms with Crippen molar-refractivity contribution in [3.8, 4) is 6.07 Å². The van der Waals surface area contributed by atoms with E-state index in [1.165, 1.54) is 0 Å². The maximum atomic E-state index is 8.49. The van der Waals surface area contributed by atoms with E-state index in [0.29, 0.717) is 17.8 Å². The van der Waals surface area contributed by atoms with Crippen molar-refractivity contribution in [2.75, 3.05) is 13.1 Å². The van der Waals surface area contributed by atoms with E-state index in [1.54, 1.807) is 0 Å². The quantitative estimate of drug-likeness (QED) is 0.444. The van der Waals surface area contributed by atoms with E-state index in [2.05, 4.69) is 6.07 Å². The molecule has 3 nitrogen and oxygen atoms in total. The Bertz CT molecular complexity index is 160. The molecule has 0 aromatic heterocycles. The fourth-order valence-corrected chi connectivity index (χ4v) is 1.75. The number of piperidine rings is 1. The van der Waals surface area contributed by atoms with E-state index >= 15 is 0 Å². The molecule has 0 spiro atoms. The summed E-state index contributed by atoms with van der Waals surface area (Å²) in [5, 5.41) is 10.3. The minimum Gasteiger partial charge on any atom is -0.269 e. The van der Waals surface area contributed by atoms with Crippen LogP contribution in [0.2, 0.25) is 0 Å². The number of nitriles is 1. The lowest BCUT2D eigenvalue weighted by Crippen LogP contribution is -2.31. The Morgan fingerprint density at radius 3 is 2.44 bits per heavy atom. The molecular formula is C6H9N3. The first-order valence-corrected chi connectivity index (χ1v) is 3.22. The molecule has 2 rings (SSSR count). The van der Waals surface area contributed by atoms with Crippen molar-refractivity contribution in [1.82, 2.24) is 5.01 Å². The van der Waals surface area contributed by atoms with Gasteiger partial charge in [-0.05, 0) is 11.8 Å². The van der Waals surface area contributed by atoms with Crippen LogP contribution in [0.5, 0.6) is 0 Å². The first-order chi connectivity index (χ1) is 4.33. The first-order valence-electron chi connectivity index (χ1n) is 3.22. The number of hydrazine groups is 1. The van der Waals surface area contributed by atoms with Crippen molar-refractivity contribution in [1.29, 1.82) is 5.26 Å². The summed E-state index contributed by atoms with van der Waals surface area (Å²) < 4.78 is 0. The third-order valence-electron chi connectivity index (χ3n) is 2.37. The third-order valence-corrected chi connectivity index (χ3v) is 2.37. The average Bonchev–Trinajstić information content (AvgIpc) is 2.30. The van der Waals surface area contributed by atoms with Crippen LogP contribution >= 0.6 is 0 Å². The summed E-state index contributed by atoms with van der Waals surface area (Å²) in [5.41, 5.74) is 0. The molecule has 1 aliphatic heterocycles. The minimum atomic E-state index is 0.338. The van der Waals surface area contributed by atoms with Crippen LogP contribution in [0.4, 0.5) is 0 Å². The Kier molecular flexibility index (Phi) is 0.850. The zero-order valence-electron chi connectivity index (χ0n) is 5.12. The van der Waals surface area contributed by atoms with Crippen LogP contribution in [0.1, 0.15) is 0 Å².